The van der Waals surface area contributed by atoms with Crippen LogP contribution in [-0.2, 0) is 11.3 Å². The molecule has 0 saturated heterocycles. The number of rotatable bonds is 0. The van der Waals surface area contributed by atoms with E-state index in [-0.39, 0.29) is 0 Å². The van der Waals surface area contributed by atoms with Crippen LogP contribution >= 0.6 is 0 Å². The molecule has 60 valence electrons. The molecule has 0 heterocycles. The summed E-state index contributed by atoms with van der Waals surface area (Å²) in [5, 5.41) is 0. The first kappa shape index (κ1) is 7.50. The Hall–Kier alpha value is -1.15. The maximum absolute atomic E-state index is 10.7. The van der Waals surface area contributed by atoms with E-state index in [1.807, 2.05) is 30.3 Å². The largest absolute Gasteiger partial charge is 0.212 e. The molecule has 0 atom stereocenters. The molecule has 1 aromatic rings. The fourth-order valence-corrected chi connectivity index (χ4v) is 1.82. The normalized spacial score (nSPS) is 14.2. The molecule has 1 nitrogen and oxygen atoms in total. The van der Waals surface area contributed by atoms with Crippen molar-refractivity contribution >= 4 is 22.2 Å². The van der Waals surface area contributed by atoms with Crippen molar-refractivity contribution in [2.75, 3.05) is 0 Å². The topological polar surface area (TPSA) is 17.1 Å². The van der Waals surface area contributed by atoms with E-state index in [1.165, 1.54) is 0 Å². The second-order valence-corrected chi connectivity index (χ2v) is 3.36. The summed E-state index contributed by atoms with van der Waals surface area (Å²) in [7, 11) is 0. The third-order valence-corrected chi connectivity index (χ3v) is 2.55. The molecule has 0 aromatic heterocycles. The summed E-state index contributed by atoms with van der Waals surface area (Å²) in [5.41, 5.74) is 2.25. The molecule has 0 fully saturated rings. The standard InChI is InChI=1S/C10H8OS/c11-12-10-7-3-5-8-4-1-2-6-9(8)10/h1-6H,7H2. The zero-order valence-corrected chi connectivity index (χ0v) is 7.30. The highest BCUT2D eigenvalue weighted by atomic mass is 32.1. The van der Waals surface area contributed by atoms with Crippen LogP contribution in [0.4, 0.5) is 0 Å². The lowest BCUT2D eigenvalue weighted by molar-refractivity contribution is 0.701. The van der Waals surface area contributed by atoms with Gasteiger partial charge < -0.3 is 0 Å². The molecule has 12 heavy (non-hydrogen) atoms. The minimum absolute atomic E-state index is 0.604. The molecule has 0 unspecified atom stereocenters. The van der Waals surface area contributed by atoms with Gasteiger partial charge in [-0.1, -0.05) is 36.4 Å². The van der Waals surface area contributed by atoms with Gasteiger partial charge in [0.2, 0.25) is 0 Å². The molecule has 0 bridgehead atoms. The van der Waals surface area contributed by atoms with E-state index in [2.05, 4.69) is 6.08 Å². The molecule has 2 rings (SSSR count). The van der Waals surface area contributed by atoms with Gasteiger partial charge in [-0.15, -0.1) is 0 Å². The molecule has 0 aliphatic heterocycles. The van der Waals surface area contributed by atoms with Crippen molar-refractivity contribution in [3.63, 3.8) is 0 Å². The van der Waals surface area contributed by atoms with Crippen LogP contribution in [0.15, 0.2) is 30.3 Å². The van der Waals surface area contributed by atoms with Crippen molar-refractivity contribution in [3.05, 3.63) is 41.5 Å². The lowest BCUT2D eigenvalue weighted by Crippen LogP contribution is -2.04. The predicted molar refractivity (Wildman–Crippen MR) is 52.3 cm³/mol. The second kappa shape index (κ2) is 3.07. The summed E-state index contributed by atoms with van der Waals surface area (Å²) in [6, 6.07) is 7.98. The Bertz CT molecular complexity index is 387. The Morgan fingerprint density at radius 2 is 2.08 bits per heavy atom. The van der Waals surface area contributed by atoms with E-state index < -0.39 is 0 Å². The highest BCUT2D eigenvalue weighted by Crippen LogP contribution is 2.17. The van der Waals surface area contributed by atoms with Gasteiger partial charge >= 0.3 is 0 Å². The number of hydrogen-bond donors (Lipinski definition) is 0. The first-order valence-corrected chi connectivity index (χ1v) is 4.57. The Labute approximate surface area is 74.8 Å². The average Bonchev–Trinajstić information content (AvgIpc) is 2.17. The van der Waals surface area contributed by atoms with Crippen LogP contribution in [0.2, 0.25) is 0 Å². The lowest BCUT2D eigenvalue weighted by Gasteiger charge is -2.09. The molecule has 0 radical (unpaired) electrons. The van der Waals surface area contributed by atoms with Gasteiger partial charge in [-0.05, 0) is 11.1 Å². The second-order valence-electron chi connectivity index (χ2n) is 2.70. The van der Waals surface area contributed by atoms with Gasteiger partial charge in [0.15, 0.2) is 0 Å². The molecular formula is C10H8OS. The minimum Gasteiger partial charge on any atom is -0.212 e. The Morgan fingerprint density at radius 3 is 2.92 bits per heavy atom. The minimum atomic E-state index is 0.604. The SMILES string of the molecule is O=S=C1CC=Cc2ccccc21. The quantitative estimate of drug-likeness (QED) is 0.551. The van der Waals surface area contributed by atoms with Gasteiger partial charge in [0.25, 0.3) is 0 Å². The summed E-state index contributed by atoms with van der Waals surface area (Å²) in [6.07, 6.45) is 4.88. The van der Waals surface area contributed by atoms with Crippen LogP contribution in [-0.4, -0.2) is 9.07 Å². The van der Waals surface area contributed by atoms with Gasteiger partial charge in [0, 0.05) is 6.42 Å². The van der Waals surface area contributed by atoms with Gasteiger partial charge in [0.1, 0.15) is 0 Å². The molecule has 0 N–H and O–H groups in total. The van der Waals surface area contributed by atoms with E-state index in [0.717, 1.165) is 22.4 Å². The predicted octanol–water partition coefficient (Wildman–Crippen LogP) is 1.84. The molecule has 1 aliphatic rings. The smallest absolute Gasteiger partial charge is 0.0930 e. The van der Waals surface area contributed by atoms with E-state index in [9.17, 15) is 4.21 Å². The van der Waals surface area contributed by atoms with Gasteiger partial charge in [-0.25, -0.2) is 4.21 Å². The van der Waals surface area contributed by atoms with Crippen molar-refractivity contribution in [1.82, 2.24) is 0 Å². The lowest BCUT2D eigenvalue weighted by atomic mass is 9.98. The summed E-state index contributed by atoms with van der Waals surface area (Å²) in [6.45, 7) is 0. The highest BCUT2D eigenvalue weighted by Gasteiger charge is 2.08. The van der Waals surface area contributed by atoms with Crippen molar-refractivity contribution in [2.24, 2.45) is 0 Å². The van der Waals surface area contributed by atoms with Gasteiger partial charge in [0.05, 0.1) is 16.1 Å². The number of fused-ring (bicyclic) bond motifs is 1. The summed E-state index contributed by atoms with van der Waals surface area (Å²) < 4.78 is 10.7. The third-order valence-electron chi connectivity index (χ3n) is 1.96. The van der Waals surface area contributed by atoms with Crippen LogP contribution in [0, 0.1) is 0 Å². The van der Waals surface area contributed by atoms with E-state index >= 15 is 0 Å². The van der Waals surface area contributed by atoms with Crippen molar-refractivity contribution < 1.29 is 4.21 Å². The average molecular weight is 176 g/mol. The van der Waals surface area contributed by atoms with Crippen LogP contribution in [0.25, 0.3) is 6.08 Å². The molecular weight excluding hydrogens is 168 g/mol. The van der Waals surface area contributed by atoms with Crippen LogP contribution in [0.1, 0.15) is 17.5 Å². The zero-order valence-electron chi connectivity index (χ0n) is 6.49. The van der Waals surface area contributed by atoms with Crippen LogP contribution in [0.5, 0.6) is 0 Å². The molecule has 0 spiro atoms. The van der Waals surface area contributed by atoms with E-state index in [1.54, 1.807) is 0 Å². The van der Waals surface area contributed by atoms with Crippen LogP contribution < -0.4 is 0 Å². The van der Waals surface area contributed by atoms with E-state index in [4.69, 9.17) is 0 Å². The molecule has 0 saturated carbocycles. The summed E-state index contributed by atoms with van der Waals surface area (Å²) in [4.78, 5) is 0.924. The summed E-state index contributed by atoms with van der Waals surface area (Å²) in [5.74, 6) is 0. The maximum Gasteiger partial charge on any atom is 0.0930 e. The Balaban J connectivity index is 2.68. The van der Waals surface area contributed by atoms with Gasteiger partial charge in [-0.2, -0.15) is 0 Å². The molecule has 2 heteroatoms. The fourth-order valence-electron chi connectivity index (χ4n) is 1.38. The molecule has 1 aromatic carbocycles. The number of hydrogen-bond acceptors (Lipinski definition) is 1. The first-order valence-electron chi connectivity index (χ1n) is 3.83. The fraction of sp³-hybridized carbons (Fsp3) is 0.100. The number of benzene rings is 1. The zero-order chi connectivity index (χ0) is 8.39. The molecule has 1 aliphatic carbocycles. The first-order chi connectivity index (χ1) is 5.92. The van der Waals surface area contributed by atoms with Crippen molar-refractivity contribution in [2.45, 2.75) is 6.42 Å². The van der Waals surface area contributed by atoms with Crippen LogP contribution in [0.3, 0.4) is 0 Å². The van der Waals surface area contributed by atoms with Crippen molar-refractivity contribution in [1.29, 1.82) is 0 Å². The third kappa shape index (κ3) is 1.14. The number of allylic oxidation sites excluding steroid dienone is 1. The van der Waals surface area contributed by atoms with E-state index in [0.29, 0.717) is 11.3 Å². The summed E-state index contributed by atoms with van der Waals surface area (Å²) >= 11 is 0.604. The molecule has 0 amide bonds. The monoisotopic (exact) mass is 176 g/mol. The Kier molecular flexibility index (Phi) is 1.92. The highest BCUT2D eigenvalue weighted by molar-refractivity contribution is 7.67. The maximum atomic E-state index is 10.7. The Morgan fingerprint density at radius 1 is 1.25 bits per heavy atom. The van der Waals surface area contributed by atoms with Crippen molar-refractivity contribution in [3.8, 4) is 0 Å². The van der Waals surface area contributed by atoms with Gasteiger partial charge in [-0.3, -0.25) is 0 Å².